The zero-order valence-electron chi connectivity index (χ0n) is 11.2. The van der Waals surface area contributed by atoms with Crippen LogP contribution in [-0.2, 0) is 4.79 Å². The highest BCUT2D eigenvalue weighted by Crippen LogP contribution is 2.27. The molecule has 2 rings (SSSR count). The number of nitrogens with one attached hydrogen (secondary N) is 2. The molecule has 4 nitrogen and oxygen atoms in total. The van der Waals surface area contributed by atoms with Crippen LogP contribution in [0.1, 0.15) is 19.3 Å². The molecular weight excluding hydrogens is 240 g/mol. The third kappa shape index (κ3) is 6.25. The highest BCUT2D eigenvalue weighted by molar-refractivity contribution is 5.77. The molecule has 1 fully saturated rings. The Balaban J connectivity index is 1.42. The van der Waals surface area contributed by atoms with Crippen molar-refractivity contribution >= 4 is 5.91 Å². The van der Waals surface area contributed by atoms with Gasteiger partial charge in [-0.05, 0) is 43.9 Å². The minimum atomic E-state index is 0.0934. The smallest absolute Gasteiger partial charge is 0.233 e. The van der Waals surface area contributed by atoms with E-state index in [0.29, 0.717) is 13.2 Å². The van der Waals surface area contributed by atoms with Gasteiger partial charge in [-0.2, -0.15) is 0 Å². The van der Waals surface area contributed by atoms with Crippen LogP contribution in [0, 0.1) is 5.92 Å². The van der Waals surface area contributed by atoms with Crippen molar-refractivity contribution in [2.75, 3.05) is 26.2 Å². The van der Waals surface area contributed by atoms with Crippen molar-refractivity contribution in [3.05, 3.63) is 30.3 Å². The molecule has 2 N–H and O–H groups in total. The van der Waals surface area contributed by atoms with E-state index in [9.17, 15) is 4.79 Å². The van der Waals surface area contributed by atoms with Crippen molar-refractivity contribution in [1.29, 1.82) is 0 Å². The first-order chi connectivity index (χ1) is 9.34. The van der Waals surface area contributed by atoms with Gasteiger partial charge in [-0.1, -0.05) is 18.2 Å². The minimum Gasteiger partial charge on any atom is -0.494 e. The van der Waals surface area contributed by atoms with Gasteiger partial charge in [-0.15, -0.1) is 0 Å². The predicted octanol–water partition coefficient (Wildman–Crippen LogP) is 1.57. The summed E-state index contributed by atoms with van der Waals surface area (Å²) in [5.74, 6) is 1.73. The van der Waals surface area contributed by atoms with Gasteiger partial charge in [-0.3, -0.25) is 4.79 Å². The second kappa shape index (κ2) is 7.79. The van der Waals surface area contributed by atoms with Crippen LogP contribution < -0.4 is 15.4 Å². The molecule has 0 bridgehead atoms. The maximum Gasteiger partial charge on any atom is 0.233 e. The third-order valence-electron chi connectivity index (χ3n) is 3.08. The number of para-hydroxylation sites is 1. The summed E-state index contributed by atoms with van der Waals surface area (Å²) < 4.78 is 5.56. The summed E-state index contributed by atoms with van der Waals surface area (Å²) >= 11 is 0. The van der Waals surface area contributed by atoms with E-state index in [4.69, 9.17) is 4.74 Å². The van der Waals surface area contributed by atoms with E-state index in [1.807, 2.05) is 30.3 Å². The molecule has 1 aliphatic carbocycles. The largest absolute Gasteiger partial charge is 0.494 e. The Morgan fingerprint density at radius 1 is 1.26 bits per heavy atom. The molecule has 1 amide bonds. The highest BCUT2D eigenvalue weighted by atomic mass is 16.5. The van der Waals surface area contributed by atoms with Crippen LogP contribution in [0.4, 0.5) is 0 Å². The molecule has 0 radical (unpaired) electrons. The molecule has 0 saturated heterocycles. The van der Waals surface area contributed by atoms with Crippen LogP contribution in [0.15, 0.2) is 30.3 Å². The molecule has 1 aliphatic rings. The zero-order valence-corrected chi connectivity index (χ0v) is 11.2. The lowest BCUT2D eigenvalue weighted by atomic mass is 10.3. The predicted molar refractivity (Wildman–Crippen MR) is 75.2 cm³/mol. The average molecular weight is 262 g/mol. The second-order valence-electron chi connectivity index (χ2n) is 4.94. The maximum absolute atomic E-state index is 11.4. The number of rotatable bonds is 9. The third-order valence-corrected chi connectivity index (χ3v) is 3.08. The lowest BCUT2D eigenvalue weighted by molar-refractivity contribution is -0.120. The first-order valence-electron chi connectivity index (χ1n) is 7.00. The summed E-state index contributed by atoms with van der Waals surface area (Å²) in [7, 11) is 0. The van der Waals surface area contributed by atoms with Crippen molar-refractivity contribution in [2.24, 2.45) is 5.92 Å². The van der Waals surface area contributed by atoms with Gasteiger partial charge in [-0.25, -0.2) is 0 Å². The summed E-state index contributed by atoms with van der Waals surface area (Å²) in [4.78, 5) is 11.4. The molecule has 19 heavy (non-hydrogen) atoms. The van der Waals surface area contributed by atoms with E-state index >= 15 is 0 Å². The van der Waals surface area contributed by atoms with Crippen molar-refractivity contribution in [1.82, 2.24) is 10.6 Å². The van der Waals surface area contributed by atoms with Gasteiger partial charge in [0, 0.05) is 6.54 Å². The Morgan fingerprint density at radius 3 is 2.79 bits per heavy atom. The molecule has 1 saturated carbocycles. The van der Waals surface area contributed by atoms with Gasteiger partial charge in [0.2, 0.25) is 5.91 Å². The normalized spacial score (nSPS) is 14.1. The monoisotopic (exact) mass is 262 g/mol. The first kappa shape index (κ1) is 13.9. The highest BCUT2D eigenvalue weighted by Gasteiger charge is 2.21. The van der Waals surface area contributed by atoms with Gasteiger partial charge >= 0.3 is 0 Å². The van der Waals surface area contributed by atoms with Gasteiger partial charge < -0.3 is 15.4 Å². The molecule has 0 aromatic heterocycles. The Morgan fingerprint density at radius 2 is 2.05 bits per heavy atom. The molecule has 0 spiro atoms. The quantitative estimate of drug-likeness (QED) is 0.664. The maximum atomic E-state index is 11.4. The van der Waals surface area contributed by atoms with Crippen molar-refractivity contribution in [2.45, 2.75) is 19.3 Å². The molecule has 0 atom stereocenters. The summed E-state index contributed by atoms with van der Waals surface area (Å²) in [5.41, 5.74) is 0. The van der Waals surface area contributed by atoms with Gasteiger partial charge in [0.05, 0.1) is 13.2 Å². The van der Waals surface area contributed by atoms with Crippen molar-refractivity contribution in [3.8, 4) is 5.75 Å². The van der Waals surface area contributed by atoms with E-state index < -0.39 is 0 Å². The van der Waals surface area contributed by atoms with Crippen molar-refractivity contribution < 1.29 is 9.53 Å². The number of ether oxygens (including phenoxy) is 1. The minimum absolute atomic E-state index is 0.0934. The van der Waals surface area contributed by atoms with Gasteiger partial charge in [0.25, 0.3) is 0 Å². The number of benzene rings is 1. The SMILES string of the molecule is O=C(CNCCCOc1ccccc1)NCC1CC1. The number of carbonyl (C=O) groups is 1. The number of hydrogen-bond acceptors (Lipinski definition) is 3. The number of amides is 1. The van der Waals surface area contributed by atoms with Gasteiger partial charge in [0.15, 0.2) is 0 Å². The zero-order chi connectivity index (χ0) is 13.3. The van der Waals surface area contributed by atoms with E-state index in [1.54, 1.807) is 0 Å². The molecule has 1 aromatic rings. The molecule has 0 aliphatic heterocycles. The molecule has 104 valence electrons. The Labute approximate surface area is 114 Å². The summed E-state index contributed by atoms with van der Waals surface area (Å²) in [5, 5.41) is 6.05. The molecule has 4 heteroatoms. The van der Waals surface area contributed by atoms with E-state index in [2.05, 4.69) is 10.6 Å². The number of carbonyl (C=O) groups excluding carboxylic acids is 1. The van der Waals surface area contributed by atoms with Gasteiger partial charge in [0.1, 0.15) is 5.75 Å². The van der Waals surface area contributed by atoms with Crippen LogP contribution in [0.2, 0.25) is 0 Å². The Kier molecular flexibility index (Phi) is 5.69. The molecule has 0 unspecified atom stereocenters. The summed E-state index contributed by atoms with van der Waals surface area (Å²) in [6, 6.07) is 9.77. The standard InChI is InChI=1S/C15H22N2O2/c18-15(17-11-13-7-8-13)12-16-9-4-10-19-14-5-2-1-3-6-14/h1-3,5-6,13,16H,4,7-12H2,(H,17,18). The van der Waals surface area contributed by atoms with Crippen LogP contribution in [0.5, 0.6) is 5.75 Å². The number of hydrogen-bond donors (Lipinski definition) is 2. The molecular formula is C15H22N2O2. The van der Waals surface area contributed by atoms with E-state index in [0.717, 1.165) is 31.2 Å². The summed E-state index contributed by atoms with van der Waals surface area (Å²) in [6.45, 7) is 2.71. The Hall–Kier alpha value is -1.55. The Bertz CT molecular complexity index is 377. The van der Waals surface area contributed by atoms with Crippen LogP contribution >= 0.6 is 0 Å². The average Bonchev–Trinajstić information content (AvgIpc) is 3.26. The summed E-state index contributed by atoms with van der Waals surface area (Å²) in [6.07, 6.45) is 3.43. The van der Waals surface area contributed by atoms with Crippen LogP contribution in [-0.4, -0.2) is 32.1 Å². The van der Waals surface area contributed by atoms with E-state index in [-0.39, 0.29) is 5.91 Å². The second-order valence-corrected chi connectivity index (χ2v) is 4.94. The fourth-order valence-electron chi connectivity index (χ4n) is 1.75. The molecule has 1 aromatic carbocycles. The van der Waals surface area contributed by atoms with E-state index in [1.165, 1.54) is 12.8 Å². The fraction of sp³-hybridized carbons (Fsp3) is 0.533. The molecule has 0 heterocycles. The lowest BCUT2D eigenvalue weighted by Gasteiger charge is -2.07. The lowest BCUT2D eigenvalue weighted by Crippen LogP contribution is -2.35. The topological polar surface area (TPSA) is 50.4 Å². The van der Waals surface area contributed by atoms with Crippen LogP contribution in [0.25, 0.3) is 0 Å². The first-order valence-corrected chi connectivity index (χ1v) is 7.00. The van der Waals surface area contributed by atoms with Crippen molar-refractivity contribution in [3.63, 3.8) is 0 Å². The fourth-order valence-corrected chi connectivity index (χ4v) is 1.75. The van der Waals surface area contributed by atoms with Crippen LogP contribution in [0.3, 0.4) is 0 Å².